The number of nitrogens with one attached hydrogen (secondary N) is 1. The maximum atomic E-state index is 12.8. The Morgan fingerprint density at radius 1 is 1.42 bits per heavy atom. The minimum absolute atomic E-state index is 0.160. The van der Waals surface area contributed by atoms with Crippen molar-refractivity contribution in [1.29, 1.82) is 0 Å². The highest BCUT2D eigenvalue weighted by atomic mass is 16.4. The van der Waals surface area contributed by atoms with Crippen LogP contribution in [0.4, 0.5) is 0 Å². The molecule has 0 spiro atoms. The molecule has 2 N–H and O–H groups in total. The highest BCUT2D eigenvalue weighted by molar-refractivity contribution is 5.84. The van der Waals surface area contributed by atoms with Gasteiger partial charge in [-0.25, -0.2) is 0 Å². The zero-order valence-electron chi connectivity index (χ0n) is 11.7. The van der Waals surface area contributed by atoms with Crippen molar-refractivity contribution >= 4 is 11.9 Å². The summed E-state index contributed by atoms with van der Waals surface area (Å²) < 4.78 is 0. The molecule has 0 bridgehead atoms. The fourth-order valence-electron chi connectivity index (χ4n) is 3.30. The van der Waals surface area contributed by atoms with E-state index in [2.05, 4.69) is 12.2 Å². The molecule has 0 radical (unpaired) electrons. The average Bonchev–Trinajstić information content (AvgIpc) is 2.47. The van der Waals surface area contributed by atoms with Crippen LogP contribution in [0.2, 0.25) is 0 Å². The lowest BCUT2D eigenvalue weighted by Crippen LogP contribution is -2.54. The van der Waals surface area contributed by atoms with E-state index in [4.69, 9.17) is 5.11 Å². The first kappa shape index (κ1) is 14.3. The smallest absolute Gasteiger partial charge is 0.308 e. The molecule has 2 aliphatic rings. The summed E-state index contributed by atoms with van der Waals surface area (Å²) in [5.41, 5.74) is -0.307. The molecule has 0 aromatic rings. The van der Waals surface area contributed by atoms with E-state index in [0.717, 1.165) is 38.8 Å². The quantitative estimate of drug-likeness (QED) is 0.804. The SMILES string of the molecule is CCC1(C(=O)N2CCC[C@@H](C(=O)O)C2)CCCNC1. The van der Waals surface area contributed by atoms with Gasteiger partial charge < -0.3 is 15.3 Å². The molecule has 5 nitrogen and oxygen atoms in total. The third kappa shape index (κ3) is 2.91. The van der Waals surface area contributed by atoms with Gasteiger partial charge in [0.1, 0.15) is 0 Å². The Balaban J connectivity index is 2.06. The van der Waals surface area contributed by atoms with Crippen molar-refractivity contribution in [3.63, 3.8) is 0 Å². The van der Waals surface area contributed by atoms with Crippen LogP contribution in [0.5, 0.6) is 0 Å². The lowest BCUT2D eigenvalue weighted by atomic mass is 9.76. The molecule has 2 fully saturated rings. The number of carbonyl (C=O) groups is 2. The number of rotatable bonds is 3. The summed E-state index contributed by atoms with van der Waals surface area (Å²) in [6, 6.07) is 0. The van der Waals surface area contributed by atoms with Crippen LogP contribution in [0.25, 0.3) is 0 Å². The van der Waals surface area contributed by atoms with E-state index in [0.29, 0.717) is 19.5 Å². The summed E-state index contributed by atoms with van der Waals surface area (Å²) in [4.78, 5) is 25.7. The second-order valence-electron chi connectivity index (χ2n) is 5.84. The molecule has 2 saturated heterocycles. The molecule has 2 aliphatic heterocycles. The van der Waals surface area contributed by atoms with Crippen LogP contribution < -0.4 is 5.32 Å². The number of carboxylic acid groups (broad SMARTS) is 1. The van der Waals surface area contributed by atoms with E-state index in [1.54, 1.807) is 4.90 Å². The molecule has 2 rings (SSSR count). The molecule has 0 aromatic heterocycles. The fourth-order valence-corrected chi connectivity index (χ4v) is 3.30. The van der Waals surface area contributed by atoms with E-state index in [1.165, 1.54) is 0 Å². The first-order chi connectivity index (χ1) is 9.09. The van der Waals surface area contributed by atoms with E-state index in [-0.39, 0.29) is 17.2 Å². The first-order valence-electron chi connectivity index (χ1n) is 7.32. The summed E-state index contributed by atoms with van der Waals surface area (Å²) in [6.07, 6.45) is 4.26. The van der Waals surface area contributed by atoms with Gasteiger partial charge in [0, 0.05) is 19.6 Å². The second-order valence-corrected chi connectivity index (χ2v) is 5.84. The van der Waals surface area contributed by atoms with E-state index in [9.17, 15) is 9.59 Å². The summed E-state index contributed by atoms with van der Waals surface area (Å²) in [5, 5.41) is 12.4. The van der Waals surface area contributed by atoms with Crippen molar-refractivity contribution in [2.45, 2.75) is 39.0 Å². The predicted molar refractivity (Wildman–Crippen MR) is 71.8 cm³/mol. The lowest BCUT2D eigenvalue weighted by Gasteiger charge is -2.41. The number of aliphatic carboxylic acids is 1. The molecular formula is C14H24N2O3. The van der Waals surface area contributed by atoms with E-state index < -0.39 is 5.97 Å². The standard InChI is InChI=1S/C14H24N2O3/c1-2-14(6-4-7-15-10-14)13(19)16-8-3-5-11(9-16)12(17)18/h11,15H,2-10H2,1H3,(H,17,18)/t11-,14?/m1/s1. The molecule has 2 heterocycles. The van der Waals surface area contributed by atoms with Crippen molar-refractivity contribution in [2.24, 2.45) is 11.3 Å². The molecule has 1 unspecified atom stereocenters. The van der Waals surface area contributed by atoms with Crippen LogP contribution in [0.15, 0.2) is 0 Å². The van der Waals surface area contributed by atoms with Crippen LogP contribution in [0, 0.1) is 11.3 Å². The van der Waals surface area contributed by atoms with Gasteiger partial charge in [-0.3, -0.25) is 9.59 Å². The normalized spacial score (nSPS) is 32.1. The molecular weight excluding hydrogens is 244 g/mol. The van der Waals surface area contributed by atoms with Gasteiger partial charge in [0.25, 0.3) is 0 Å². The Labute approximate surface area is 114 Å². The Hall–Kier alpha value is -1.10. The van der Waals surface area contributed by atoms with Crippen LogP contribution >= 0.6 is 0 Å². The van der Waals surface area contributed by atoms with Gasteiger partial charge in [0.05, 0.1) is 11.3 Å². The van der Waals surface area contributed by atoms with Crippen molar-refractivity contribution in [3.05, 3.63) is 0 Å². The maximum absolute atomic E-state index is 12.8. The fraction of sp³-hybridized carbons (Fsp3) is 0.857. The summed E-state index contributed by atoms with van der Waals surface area (Å²) in [5.74, 6) is -0.999. The van der Waals surface area contributed by atoms with Crippen molar-refractivity contribution in [1.82, 2.24) is 10.2 Å². The van der Waals surface area contributed by atoms with Gasteiger partial charge in [0.15, 0.2) is 0 Å². The minimum atomic E-state index is -0.773. The first-order valence-corrected chi connectivity index (χ1v) is 7.32. The van der Waals surface area contributed by atoms with Crippen molar-refractivity contribution in [3.8, 4) is 0 Å². The molecule has 0 saturated carbocycles. The third-order valence-electron chi connectivity index (χ3n) is 4.66. The Morgan fingerprint density at radius 3 is 2.79 bits per heavy atom. The number of piperidine rings is 2. The minimum Gasteiger partial charge on any atom is -0.481 e. The highest BCUT2D eigenvalue weighted by Crippen LogP contribution is 2.33. The number of carboxylic acids is 1. The number of nitrogens with zero attached hydrogens (tertiary/aromatic N) is 1. The highest BCUT2D eigenvalue weighted by Gasteiger charge is 2.42. The molecule has 0 aromatic carbocycles. The van der Waals surface area contributed by atoms with Crippen LogP contribution in [-0.2, 0) is 9.59 Å². The summed E-state index contributed by atoms with van der Waals surface area (Å²) >= 11 is 0. The maximum Gasteiger partial charge on any atom is 0.308 e. The summed E-state index contributed by atoms with van der Waals surface area (Å²) in [7, 11) is 0. The third-order valence-corrected chi connectivity index (χ3v) is 4.66. The molecule has 0 aliphatic carbocycles. The van der Waals surface area contributed by atoms with Gasteiger partial charge in [-0.15, -0.1) is 0 Å². The average molecular weight is 268 g/mol. The zero-order chi connectivity index (χ0) is 13.9. The molecule has 2 atom stereocenters. The van der Waals surface area contributed by atoms with Crippen molar-refractivity contribution in [2.75, 3.05) is 26.2 Å². The molecule has 108 valence electrons. The second kappa shape index (κ2) is 5.90. The van der Waals surface area contributed by atoms with Crippen LogP contribution in [0.1, 0.15) is 39.0 Å². The number of hydrogen-bond acceptors (Lipinski definition) is 3. The Bertz CT molecular complexity index is 351. The lowest BCUT2D eigenvalue weighted by molar-refractivity contribution is -0.150. The number of carbonyl (C=O) groups excluding carboxylic acids is 1. The molecule has 5 heteroatoms. The summed E-state index contributed by atoms with van der Waals surface area (Å²) in [6.45, 7) is 4.87. The van der Waals surface area contributed by atoms with E-state index >= 15 is 0 Å². The van der Waals surface area contributed by atoms with Gasteiger partial charge in [-0.2, -0.15) is 0 Å². The van der Waals surface area contributed by atoms with Gasteiger partial charge in [0.2, 0.25) is 5.91 Å². The Kier molecular flexibility index (Phi) is 4.45. The molecule has 19 heavy (non-hydrogen) atoms. The monoisotopic (exact) mass is 268 g/mol. The Morgan fingerprint density at radius 2 is 2.21 bits per heavy atom. The number of hydrogen-bond donors (Lipinski definition) is 2. The van der Waals surface area contributed by atoms with Gasteiger partial charge in [-0.05, 0) is 38.6 Å². The van der Waals surface area contributed by atoms with Crippen LogP contribution in [0.3, 0.4) is 0 Å². The van der Waals surface area contributed by atoms with Crippen LogP contribution in [-0.4, -0.2) is 48.1 Å². The van der Waals surface area contributed by atoms with Gasteiger partial charge in [-0.1, -0.05) is 6.92 Å². The molecule has 1 amide bonds. The van der Waals surface area contributed by atoms with Gasteiger partial charge >= 0.3 is 5.97 Å². The zero-order valence-corrected chi connectivity index (χ0v) is 11.7. The van der Waals surface area contributed by atoms with E-state index in [1.807, 2.05) is 0 Å². The number of likely N-dealkylation sites (tertiary alicyclic amines) is 1. The predicted octanol–water partition coefficient (Wildman–Crippen LogP) is 1.09. The van der Waals surface area contributed by atoms with Crippen molar-refractivity contribution < 1.29 is 14.7 Å². The number of amides is 1. The largest absolute Gasteiger partial charge is 0.481 e. The topological polar surface area (TPSA) is 69.6 Å².